The first-order chi connectivity index (χ1) is 27.3. The van der Waals surface area contributed by atoms with Crippen molar-refractivity contribution in [3.8, 4) is 34.5 Å². The smallest absolute Gasteiger partial charge is 0.338 e. The Morgan fingerprint density at radius 3 is 0.964 bits per heavy atom. The zero-order valence-corrected chi connectivity index (χ0v) is 32.8. The van der Waals surface area contributed by atoms with Crippen LogP contribution in [0.3, 0.4) is 0 Å². The molecular weight excluding hydrogens is 724 g/mol. The minimum Gasteiger partial charge on any atom is -0.493 e. The van der Waals surface area contributed by atoms with Crippen LogP contribution in [0.5, 0.6) is 34.5 Å². The Hall–Kier alpha value is -5.29. The number of benzene rings is 3. The lowest BCUT2D eigenvalue weighted by Crippen LogP contribution is -2.50. The standard InChI is InChI=1S/C40H58N6O10/c1-50-40(49)31-24-36(55-18-6-12-45-38(47)29-20-32(51-14-2-8-41)26-33(21-29)52-15-3-9-42)28-37(25-31)56-19-7-13-46-39(48)30-22-34(53-16-4-10-43)27-35(23-30)54-17-5-11-44/h20-28H,2-19,41-44H2,1H3,(H,45,47)(H,46,48)/p+4. The Kier molecular flexibility index (Phi) is 21.3. The van der Waals surface area contributed by atoms with Gasteiger partial charge in [0.25, 0.3) is 11.8 Å². The van der Waals surface area contributed by atoms with Gasteiger partial charge in [0.15, 0.2) is 0 Å². The molecule has 3 aromatic rings. The van der Waals surface area contributed by atoms with Crippen molar-refractivity contribution in [1.82, 2.24) is 10.6 Å². The largest absolute Gasteiger partial charge is 0.493 e. The van der Waals surface area contributed by atoms with Crippen LogP contribution < -0.4 is 62.0 Å². The van der Waals surface area contributed by atoms with Crippen LogP contribution in [0.1, 0.15) is 69.6 Å². The number of ether oxygens (including phenoxy) is 7. The molecule has 16 nitrogen and oxygen atoms in total. The summed E-state index contributed by atoms with van der Waals surface area (Å²) in [6.45, 7) is 6.16. The second-order valence-electron chi connectivity index (χ2n) is 12.7. The molecule has 0 bridgehead atoms. The van der Waals surface area contributed by atoms with E-state index in [1.54, 1.807) is 54.6 Å². The highest BCUT2D eigenvalue weighted by atomic mass is 16.5. The number of carbonyl (C=O) groups excluding carboxylic acids is 3. The van der Waals surface area contributed by atoms with E-state index in [0.29, 0.717) is 98.0 Å². The molecule has 0 aromatic heterocycles. The highest BCUT2D eigenvalue weighted by Gasteiger charge is 2.14. The van der Waals surface area contributed by atoms with Crippen molar-refractivity contribution in [2.45, 2.75) is 38.5 Å². The second-order valence-corrected chi connectivity index (χ2v) is 12.7. The number of quaternary nitrogens is 4. The highest BCUT2D eigenvalue weighted by Crippen LogP contribution is 2.26. The van der Waals surface area contributed by atoms with Gasteiger partial charge in [0.05, 0.1) is 78.5 Å². The van der Waals surface area contributed by atoms with E-state index >= 15 is 0 Å². The quantitative estimate of drug-likeness (QED) is 0.0403. The molecule has 308 valence electrons. The fraction of sp³-hybridized carbons (Fsp3) is 0.475. The van der Waals surface area contributed by atoms with Crippen LogP contribution in [0.2, 0.25) is 0 Å². The van der Waals surface area contributed by atoms with E-state index in [1.807, 2.05) is 0 Å². The third-order valence-corrected chi connectivity index (χ3v) is 7.99. The molecule has 0 atom stereocenters. The lowest BCUT2D eigenvalue weighted by Gasteiger charge is -2.14. The lowest BCUT2D eigenvalue weighted by molar-refractivity contribution is -0.369. The number of amides is 2. The van der Waals surface area contributed by atoms with E-state index in [1.165, 1.54) is 7.11 Å². The van der Waals surface area contributed by atoms with E-state index < -0.39 is 5.97 Å². The van der Waals surface area contributed by atoms with Crippen molar-refractivity contribution in [1.29, 1.82) is 0 Å². The molecule has 3 aromatic carbocycles. The van der Waals surface area contributed by atoms with Crippen LogP contribution in [0.25, 0.3) is 0 Å². The van der Waals surface area contributed by atoms with Gasteiger partial charge < -0.3 is 66.7 Å². The number of hydrogen-bond acceptors (Lipinski definition) is 10. The van der Waals surface area contributed by atoms with Crippen LogP contribution in [-0.4, -0.2) is 104 Å². The summed E-state index contributed by atoms with van der Waals surface area (Å²) in [7, 11) is 1.30. The summed E-state index contributed by atoms with van der Waals surface area (Å²) < 4.78 is 40.0. The van der Waals surface area contributed by atoms with Gasteiger partial charge in [-0.05, 0) is 49.2 Å². The summed E-state index contributed by atoms with van der Waals surface area (Å²) >= 11 is 0. The van der Waals surface area contributed by atoms with Gasteiger partial charge >= 0.3 is 5.97 Å². The van der Waals surface area contributed by atoms with Gasteiger partial charge in [-0.15, -0.1) is 0 Å². The van der Waals surface area contributed by atoms with Gasteiger partial charge in [-0.1, -0.05) is 0 Å². The molecule has 0 saturated heterocycles. The number of carbonyl (C=O) groups is 3. The van der Waals surface area contributed by atoms with E-state index in [2.05, 4.69) is 33.6 Å². The molecule has 0 saturated carbocycles. The molecule has 56 heavy (non-hydrogen) atoms. The second kappa shape index (κ2) is 26.5. The zero-order chi connectivity index (χ0) is 40.4. The Morgan fingerprint density at radius 1 is 0.429 bits per heavy atom. The van der Waals surface area contributed by atoms with E-state index in [4.69, 9.17) is 33.2 Å². The van der Waals surface area contributed by atoms with Gasteiger partial charge in [-0.3, -0.25) is 9.59 Å². The third kappa shape index (κ3) is 17.0. The Bertz CT molecular complexity index is 1480. The monoisotopic (exact) mass is 786 g/mol. The van der Waals surface area contributed by atoms with Crippen molar-refractivity contribution >= 4 is 17.8 Å². The van der Waals surface area contributed by atoms with Gasteiger partial charge in [0.2, 0.25) is 0 Å². The predicted molar refractivity (Wildman–Crippen MR) is 207 cm³/mol. The van der Waals surface area contributed by atoms with Gasteiger partial charge in [0.1, 0.15) is 34.5 Å². The number of nitrogens with one attached hydrogen (secondary N) is 2. The van der Waals surface area contributed by atoms with Crippen molar-refractivity contribution < 1.29 is 70.5 Å². The number of hydrogen-bond donors (Lipinski definition) is 6. The topological polar surface area (TPSA) is 250 Å². The van der Waals surface area contributed by atoms with Crippen molar-refractivity contribution in [2.24, 2.45) is 0 Å². The van der Waals surface area contributed by atoms with Crippen LogP contribution in [0, 0.1) is 0 Å². The maximum atomic E-state index is 13.0. The Balaban J connectivity index is 1.51. The summed E-state index contributed by atoms with van der Waals surface area (Å²) in [4.78, 5) is 38.5. The number of esters is 1. The highest BCUT2D eigenvalue weighted by molar-refractivity contribution is 5.95. The summed E-state index contributed by atoms with van der Waals surface area (Å²) in [5.41, 5.74) is 16.5. The molecule has 0 aliphatic rings. The molecule has 0 aliphatic carbocycles. The van der Waals surface area contributed by atoms with Crippen molar-refractivity contribution in [2.75, 3.05) is 86.0 Å². The van der Waals surface area contributed by atoms with Crippen LogP contribution in [-0.2, 0) is 4.74 Å². The minimum atomic E-state index is -0.542. The molecule has 0 aliphatic heterocycles. The molecule has 0 spiro atoms. The molecule has 16 heteroatoms. The van der Waals surface area contributed by atoms with E-state index in [-0.39, 0.29) is 30.6 Å². The molecule has 2 amide bonds. The lowest BCUT2D eigenvalue weighted by atomic mass is 10.2. The molecular formula is C40H62N6O10+4. The van der Waals surface area contributed by atoms with Crippen molar-refractivity contribution in [3.63, 3.8) is 0 Å². The van der Waals surface area contributed by atoms with E-state index in [9.17, 15) is 14.4 Å². The maximum absolute atomic E-state index is 13.0. The van der Waals surface area contributed by atoms with Crippen LogP contribution in [0.15, 0.2) is 54.6 Å². The Labute approximate surface area is 328 Å². The number of methoxy groups -OCH3 is 1. The average Bonchev–Trinajstić information content (AvgIpc) is 3.20. The molecule has 0 unspecified atom stereocenters. The molecule has 3 rings (SSSR count). The number of rotatable bonds is 29. The summed E-state index contributed by atoms with van der Waals surface area (Å²) in [6.07, 6.45) is 4.17. The summed E-state index contributed by atoms with van der Waals surface area (Å²) in [5, 5.41) is 5.83. The molecule has 14 N–H and O–H groups in total. The fourth-order valence-corrected chi connectivity index (χ4v) is 5.01. The van der Waals surface area contributed by atoms with Crippen LogP contribution >= 0.6 is 0 Å². The van der Waals surface area contributed by atoms with Gasteiger partial charge in [-0.25, -0.2) is 4.79 Å². The van der Waals surface area contributed by atoms with Crippen LogP contribution in [0.4, 0.5) is 0 Å². The van der Waals surface area contributed by atoms with Crippen molar-refractivity contribution in [3.05, 3.63) is 71.3 Å². The first kappa shape index (κ1) is 45.1. The SMILES string of the molecule is COC(=O)c1cc(OCCCNC(=O)c2cc(OCCC[NH3+])cc(OCCC[NH3+])c2)cc(OCCCNC(=O)c2cc(OCCC[NH3+])cc(OCCC[NH3+])c2)c1. The van der Waals surface area contributed by atoms with Gasteiger partial charge in [-0.2, -0.15) is 0 Å². The average molecular weight is 787 g/mol. The minimum absolute atomic E-state index is 0.259. The van der Waals surface area contributed by atoms with E-state index in [0.717, 1.165) is 51.9 Å². The van der Waals surface area contributed by atoms with Gasteiger partial charge in [0, 0.05) is 68.1 Å². The predicted octanol–water partition coefficient (Wildman–Crippen LogP) is -0.0858. The summed E-state index contributed by atoms with van der Waals surface area (Å²) in [6, 6.07) is 15.1. The molecule has 0 fully saturated rings. The molecule has 0 radical (unpaired) electrons. The fourth-order valence-electron chi connectivity index (χ4n) is 5.01. The summed E-state index contributed by atoms with van der Waals surface area (Å²) in [5.74, 6) is 1.96. The third-order valence-electron chi connectivity index (χ3n) is 7.99. The first-order valence-corrected chi connectivity index (χ1v) is 19.3. The first-order valence-electron chi connectivity index (χ1n) is 19.3. The normalized spacial score (nSPS) is 10.7. The Morgan fingerprint density at radius 2 is 0.696 bits per heavy atom. The maximum Gasteiger partial charge on any atom is 0.338 e. The molecule has 0 heterocycles. The zero-order valence-electron chi connectivity index (χ0n) is 32.8.